The summed E-state index contributed by atoms with van der Waals surface area (Å²) in [6, 6.07) is 5.36. The summed E-state index contributed by atoms with van der Waals surface area (Å²) in [5.74, 6) is 0.710. The summed E-state index contributed by atoms with van der Waals surface area (Å²) in [6.45, 7) is 4.46. The van der Waals surface area contributed by atoms with Crippen LogP contribution in [0, 0.1) is 12.8 Å². The van der Waals surface area contributed by atoms with Crippen LogP contribution < -0.4 is 10.5 Å². The van der Waals surface area contributed by atoms with E-state index in [2.05, 4.69) is 11.6 Å². The first-order chi connectivity index (χ1) is 9.42. The highest BCUT2D eigenvalue weighted by atomic mass is 32.2. The van der Waals surface area contributed by atoms with Gasteiger partial charge in [-0.25, -0.2) is 13.1 Å². The van der Waals surface area contributed by atoms with Gasteiger partial charge in [-0.15, -0.1) is 0 Å². The van der Waals surface area contributed by atoms with E-state index in [1.165, 1.54) is 0 Å². The van der Waals surface area contributed by atoms with Crippen molar-refractivity contribution in [3.63, 3.8) is 0 Å². The lowest BCUT2D eigenvalue weighted by Gasteiger charge is -2.27. The summed E-state index contributed by atoms with van der Waals surface area (Å²) in [7, 11) is -3.42. The molecule has 1 saturated carbocycles. The number of benzene rings is 1. The number of nitrogens with two attached hydrogens (primary N) is 1. The van der Waals surface area contributed by atoms with Crippen molar-refractivity contribution < 1.29 is 8.42 Å². The molecule has 1 aromatic carbocycles. The van der Waals surface area contributed by atoms with Gasteiger partial charge in [0.2, 0.25) is 10.0 Å². The van der Waals surface area contributed by atoms with Crippen LogP contribution in [0.4, 0.5) is 0 Å². The molecule has 0 amide bonds. The largest absolute Gasteiger partial charge is 0.326 e. The molecular weight excluding hydrogens is 272 g/mol. The first kappa shape index (κ1) is 15.5. The maximum Gasteiger partial charge on any atom is 0.241 e. The normalized spacial score (nSPS) is 23.8. The summed E-state index contributed by atoms with van der Waals surface area (Å²) >= 11 is 0. The Morgan fingerprint density at radius 2 is 1.90 bits per heavy atom. The number of hydrogen-bond acceptors (Lipinski definition) is 3. The number of aryl methyl sites for hydroxylation is 1. The van der Waals surface area contributed by atoms with Crippen molar-refractivity contribution in [2.24, 2.45) is 11.7 Å². The zero-order valence-corrected chi connectivity index (χ0v) is 13.0. The molecule has 1 aliphatic rings. The number of nitrogens with one attached hydrogen (secondary N) is 1. The van der Waals surface area contributed by atoms with Gasteiger partial charge >= 0.3 is 0 Å². The lowest BCUT2D eigenvalue weighted by Crippen LogP contribution is -2.37. The fourth-order valence-electron chi connectivity index (χ4n) is 2.80. The molecule has 0 bridgehead atoms. The molecule has 0 aliphatic heterocycles. The summed E-state index contributed by atoms with van der Waals surface area (Å²) in [4.78, 5) is 0.369. The monoisotopic (exact) mass is 296 g/mol. The van der Waals surface area contributed by atoms with Crippen LogP contribution in [0.3, 0.4) is 0 Å². The van der Waals surface area contributed by atoms with Crippen molar-refractivity contribution in [3.05, 3.63) is 29.3 Å². The fraction of sp³-hybridized carbons (Fsp3) is 0.600. The Hall–Kier alpha value is -0.910. The van der Waals surface area contributed by atoms with Gasteiger partial charge in [-0.1, -0.05) is 19.1 Å². The van der Waals surface area contributed by atoms with E-state index in [0.29, 0.717) is 17.4 Å². The minimum absolute atomic E-state index is 0.0739. The highest BCUT2D eigenvalue weighted by Crippen LogP contribution is 2.25. The third-order valence-electron chi connectivity index (χ3n) is 4.10. The van der Waals surface area contributed by atoms with Crippen molar-refractivity contribution >= 4 is 10.0 Å². The van der Waals surface area contributed by atoms with Crippen LogP contribution in [-0.2, 0) is 16.6 Å². The third kappa shape index (κ3) is 3.59. The average Bonchev–Trinajstić information content (AvgIpc) is 2.40. The Morgan fingerprint density at radius 1 is 1.25 bits per heavy atom. The van der Waals surface area contributed by atoms with Crippen molar-refractivity contribution in [3.8, 4) is 0 Å². The molecular formula is C15H24N2O2S. The Balaban J connectivity index is 2.14. The number of sulfonamides is 1. The summed E-state index contributed by atoms with van der Waals surface area (Å²) in [5, 5.41) is 0. The molecule has 0 unspecified atom stereocenters. The van der Waals surface area contributed by atoms with E-state index >= 15 is 0 Å². The molecule has 0 aromatic heterocycles. The van der Waals surface area contributed by atoms with Gasteiger partial charge in [-0.3, -0.25) is 0 Å². The van der Waals surface area contributed by atoms with Gasteiger partial charge < -0.3 is 5.73 Å². The van der Waals surface area contributed by atoms with Gasteiger partial charge in [0.05, 0.1) is 4.90 Å². The quantitative estimate of drug-likeness (QED) is 0.895. The van der Waals surface area contributed by atoms with Gasteiger partial charge in [0, 0.05) is 12.6 Å². The van der Waals surface area contributed by atoms with Gasteiger partial charge in [-0.05, 0) is 55.7 Å². The first-order valence-electron chi connectivity index (χ1n) is 7.24. The molecule has 1 aromatic rings. The van der Waals surface area contributed by atoms with Crippen molar-refractivity contribution in [2.75, 3.05) is 0 Å². The van der Waals surface area contributed by atoms with Crippen LogP contribution in [0.15, 0.2) is 23.1 Å². The maximum absolute atomic E-state index is 12.5. The minimum atomic E-state index is -3.42. The zero-order valence-electron chi connectivity index (χ0n) is 12.2. The van der Waals surface area contributed by atoms with Crippen molar-refractivity contribution in [2.45, 2.75) is 57.0 Å². The van der Waals surface area contributed by atoms with Gasteiger partial charge in [-0.2, -0.15) is 0 Å². The molecule has 1 fully saturated rings. The van der Waals surface area contributed by atoms with E-state index in [-0.39, 0.29) is 6.04 Å². The van der Waals surface area contributed by atoms with Crippen LogP contribution >= 0.6 is 0 Å². The second kappa shape index (κ2) is 6.24. The van der Waals surface area contributed by atoms with Crippen LogP contribution in [0.5, 0.6) is 0 Å². The van der Waals surface area contributed by atoms with Gasteiger partial charge in [0.15, 0.2) is 0 Å². The zero-order chi connectivity index (χ0) is 14.8. The van der Waals surface area contributed by atoms with E-state index in [0.717, 1.165) is 36.8 Å². The molecule has 1 aliphatic carbocycles. The van der Waals surface area contributed by atoms with Crippen molar-refractivity contribution in [1.82, 2.24) is 4.72 Å². The topological polar surface area (TPSA) is 72.2 Å². The van der Waals surface area contributed by atoms with Gasteiger partial charge in [0.1, 0.15) is 0 Å². The van der Waals surface area contributed by atoms with E-state index < -0.39 is 10.0 Å². The Bertz CT molecular complexity index is 561. The number of rotatable bonds is 4. The smallest absolute Gasteiger partial charge is 0.241 e. The fourth-order valence-corrected chi connectivity index (χ4v) is 4.33. The van der Waals surface area contributed by atoms with Crippen LogP contribution in [-0.4, -0.2) is 14.5 Å². The molecule has 4 nitrogen and oxygen atoms in total. The van der Waals surface area contributed by atoms with E-state index in [9.17, 15) is 8.42 Å². The lowest BCUT2D eigenvalue weighted by atomic mass is 9.88. The molecule has 0 heterocycles. The van der Waals surface area contributed by atoms with E-state index in [4.69, 9.17) is 5.73 Å². The number of hydrogen-bond donors (Lipinski definition) is 2. The van der Waals surface area contributed by atoms with Crippen molar-refractivity contribution in [1.29, 1.82) is 0 Å². The summed E-state index contributed by atoms with van der Waals surface area (Å²) < 4.78 is 27.8. The lowest BCUT2D eigenvalue weighted by molar-refractivity contribution is 0.332. The summed E-state index contributed by atoms with van der Waals surface area (Å²) in [5.41, 5.74) is 7.28. The average molecular weight is 296 g/mol. The minimum Gasteiger partial charge on any atom is -0.326 e. The Morgan fingerprint density at radius 3 is 2.45 bits per heavy atom. The second-order valence-corrected chi connectivity index (χ2v) is 7.56. The van der Waals surface area contributed by atoms with E-state index in [1.807, 2.05) is 13.0 Å². The SMILES string of the molecule is Cc1cc(CN)ccc1S(=O)(=O)NC1CCC(C)CC1. The molecule has 112 valence electrons. The maximum atomic E-state index is 12.5. The molecule has 0 spiro atoms. The first-order valence-corrected chi connectivity index (χ1v) is 8.72. The molecule has 3 N–H and O–H groups in total. The second-order valence-electron chi connectivity index (χ2n) is 5.88. The Labute approximate surface area is 121 Å². The van der Waals surface area contributed by atoms with Crippen LogP contribution in [0.25, 0.3) is 0 Å². The standard InChI is InChI=1S/C15H24N2O2S/c1-11-3-6-14(7-4-11)17-20(18,19)15-8-5-13(10-16)9-12(15)2/h5,8-9,11,14,17H,3-4,6-7,10,16H2,1-2H3. The predicted molar refractivity (Wildman–Crippen MR) is 80.8 cm³/mol. The van der Waals surface area contributed by atoms with Crippen LogP contribution in [0.1, 0.15) is 43.7 Å². The van der Waals surface area contributed by atoms with E-state index in [1.54, 1.807) is 12.1 Å². The molecule has 0 saturated heterocycles. The molecule has 0 radical (unpaired) electrons. The summed E-state index contributed by atoms with van der Waals surface area (Å²) in [6.07, 6.45) is 4.05. The predicted octanol–water partition coefficient (Wildman–Crippen LogP) is 2.31. The molecule has 2 rings (SSSR count). The van der Waals surface area contributed by atoms with Gasteiger partial charge in [0.25, 0.3) is 0 Å². The molecule has 20 heavy (non-hydrogen) atoms. The molecule has 0 atom stereocenters. The molecule has 5 heteroatoms. The Kier molecular flexibility index (Phi) is 4.83. The third-order valence-corrected chi connectivity index (χ3v) is 5.78. The highest BCUT2D eigenvalue weighted by molar-refractivity contribution is 7.89. The van der Waals surface area contributed by atoms with Crippen LogP contribution in [0.2, 0.25) is 0 Å². The highest BCUT2D eigenvalue weighted by Gasteiger charge is 2.25.